The number of rotatable bonds is 2. The van der Waals surface area contributed by atoms with Crippen molar-refractivity contribution in [3.8, 4) is 5.95 Å². The molecule has 0 fully saturated rings. The molecule has 0 radical (unpaired) electrons. The van der Waals surface area contributed by atoms with Crippen LogP contribution in [0, 0.1) is 0 Å². The highest BCUT2D eigenvalue weighted by atomic mass is 16.5. The molecule has 1 unspecified atom stereocenters. The zero-order chi connectivity index (χ0) is 10.3. The van der Waals surface area contributed by atoms with Crippen molar-refractivity contribution in [2.24, 2.45) is 5.73 Å². The van der Waals surface area contributed by atoms with E-state index in [2.05, 4.69) is 4.42 Å². The zero-order valence-corrected chi connectivity index (χ0v) is 6.75. The van der Waals surface area contributed by atoms with Crippen LogP contribution in [0.1, 0.15) is 0 Å². The van der Waals surface area contributed by atoms with Gasteiger partial charge in [-0.15, -0.1) is 0 Å². The maximum Gasteiger partial charge on any atom is 0.322 e. The summed E-state index contributed by atoms with van der Waals surface area (Å²) in [6.07, 6.45) is 1.41. The van der Waals surface area contributed by atoms with Gasteiger partial charge in [-0.3, -0.25) is 4.79 Å². The van der Waals surface area contributed by atoms with Gasteiger partial charge >= 0.3 is 5.97 Å². The average molecular weight is 189 g/mol. The van der Waals surface area contributed by atoms with Crippen molar-refractivity contribution in [1.29, 1.82) is 0 Å². The first-order valence-corrected chi connectivity index (χ1v) is 3.39. The monoisotopic (exact) mass is 189 g/mol. The molecule has 1 rings (SSSR count). The van der Waals surface area contributed by atoms with Crippen molar-refractivity contribution in [3.05, 3.63) is 18.4 Å². The van der Waals surface area contributed by atoms with E-state index in [0.29, 0.717) is 0 Å². The number of furan rings is 1. The van der Waals surface area contributed by atoms with Crippen LogP contribution in [0.25, 0.3) is 0 Å². The molecule has 0 saturated heterocycles. The summed E-state index contributed by atoms with van der Waals surface area (Å²) >= 11 is 0. The van der Waals surface area contributed by atoms with Crippen molar-refractivity contribution < 1.29 is 24.5 Å². The zero-order valence-electron chi connectivity index (χ0n) is 6.75. The van der Waals surface area contributed by atoms with Gasteiger partial charge in [0.25, 0.3) is 5.95 Å². The standard InChI is InChI=1S/C4H4O2.C3H7NO3/c5-4-2-1-3-6-4;4-2(1-5)3(6)7/h1-3,5H;2,5H,1,4H2,(H,6,7). The smallest absolute Gasteiger partial charge is 0.322 e. The molecule has 74 valence electrons. The Kier molecular flexibility index (Phi) is 5.33. The number of aliphatic hydroxyl groups excluding tert-OH is 1. The first kappa shape index (κ1) is 11.5. The third-order valence-corrected chi connectivity index (χ3v) is 1.02. The van der Waals surface area contributed by atoms with E-state index in [0.717, 1.165) is 0 Å². The van der Waals surface area contributed by atoms with Crippen LogP contribution >= 0.6 is 0 Å². The van der Waals surface area contributed by atoms with E-state index in [1.807, 2.05) is 0 Å². The second-order valence-electron chi connectivity index (χ2n) is 2.08. The topological polar surface area (TPSA) is 117 Å². The molecule has 1 heterocycles. The minimum absolute atomic E-state index is 0.0324. The minimum Gasteiger partial charge on any atom is -0.481 e. The lowest BCUT2D eigenvalue weighted by Gasteiger charge is -1.96. The van der Waals surface area contributed by atoms with Gasteiger partial charge < -0.3 is 25.5 Å². The molecule has 0 aliphatic carbocycles. The average Bonchev–Trinajstić information content (AvgIpc) is 2.55. The lowest BCUT2D eigenvalue weighted by Crippen LogP contribution is -2.33. The minimum atomic E-state index is -1.18. The van der Waals surface area contributed by atoms with E-state index in [1.54, 1.807) is 6.07 Å². The predicted molar refractivity (Wildman–Crippen MR) is 43.1 cm³/mol. The summed E-state index contributed by atoms with van der Waals surface area (Å²) in [5.41, 5.74) is 4.77. The number of aliphatic hydroxyl groups is 1. The molecule has 0 saturated carbocycles. The summed E-state index contributed by atoms with van der Waals surface area (Å²) in [5.74, 6) is -1.21. The first-order chi connectivity index (χ1) is 6.07. The Morgan fingerprint density at radius 3 is 2.38 bits per heavy atom. The summed E-state index contributed by atoms with van der Waals surface area (Å²) in [5, 5.41) is 24.2. The molecule has 1 aromatic heterocycles. The number of carboxylic acids is 1. The van der Waals surface area contributed by atoms with Crippen molar-refractivity contribution in [3.63, 3.8) is 0 Å². The summed E-state index contributed by atoms with van der Waals surface area (Å²) in [6.45, 7) is -0.505. The van der Waals surface area contributed by atoms with Crippen LogP contribution in [-0.4, -0.2) is 33.9 Å². The molecule has 0 amide bonds. The van der Waals surface area contributed by atoms with Crippen LogP contribution in [0.4, 0.5) is 0 Å². The summed E-state index contributed by atoms with van der Waals surface area (Å²) in [6, 6.07) is 1.97. The van der Waals surface area contributed by atoms with Crippen molar-refractivity contribution in [2.75, 3.05) is 6.61 Å². The molecular formula is C7H11NO5. The molecule has 0 aliphatic heterocycles. The lowest BCUT2D eigenvalue weighted by atomic mass is 10.3. The summed E-state index contributed by atoms with van der Waals surface area (Å²) < 4.78 is 4.39. The predicted octanol–water partition coefficient (Wildman–Crippen LogP) is -0.624. The van der Waals surface area contributed by atoms with E-state index < -0.39 is 18.6 Å². The second-order valence-corrected chi connectivity index (χ2v) is 2.08. The number of carboxylic acid groups (broad SMARTS) is 1. The Morgan fingerprint density at radius 2 is 2.31 bits per heavy atom. The molecule has 6 nitrogen and oxygen atoms in total. The molecule has 13 heavy (non-hydrogen) atoms. The van der Waals surface area contributed by atoms with Gasteiger partial charge in [-0.2, -0.15) is 0 Å². The van der Waals surface area contributed by atoms with Crippen LogP contribution in [-0.2, 0) is 4.79 Å². The number of aliphatic carboxylic acids is 1. The summed E-state index contributed by atoms with van der Waals surface area (Å²) in [7, 11) is 0. The molecule has 0 aliphatic rings. The van der Waals surface area contributed by atoms with Crippen LogP contribution < -0.4 is 5.73 Å². The fourth-order valence-corrected chi connectivity index (χ4v) is 0.348. The summed E-state index contributed by atoms with van der Waals surface area (Å²) in [4.78, 5) is 9.65. The van der Waals surface area contributed by atoms with Gasteiger partial charge in [-0.25, -0.2) is 0 Å². The Morgan fingerprint density at radius 1 is 1.69 bits per heavy atom. The van der Waals surface area contributed by atoms with E-state index in [4.69, 9.17) is 21.1 Å². The van der Waals surface area contributed by atoms with Crippen molar-refractivity contribution in [2.45, 2.75) is 6.04 Å². The lowest BCUT2D eigenvalue weighted by molar-refractivity contribution is -0.139. The Balaban J connectivity index is 0.000000223. The number of carbonyl (C=O) groups is 1. The highest BCUT2D eigenvalue weighted by Gasteiger charge is 2.06. The van der Waals surface area contributed by atoms with E-state index in [9.17, 15) is 4.79 Å². The van der Waals surface area contributed by atoms with Crippen molar-refractivity contribution >= 4 is 5.97 Å². The molecule has 0 aromatic carbocycles. The fraction of sp³-hybridized carbons (Fsp3) is 0.286. The SMILES string of the molecule is NC(CO)C(=O)O.Oc1ccco1. The number of aromatic hydroxyl groups is 1. The number of nitrogens with two attached hydrogens (primary N) is 1. The third-order valence-electron chi connectivity index (χ3n) is 1.02. The Hall–Kier alpha value is -1.53. The van der Waals surface area contributed by atoms with Crippen molar-refractivity contribution in [1.82, 2.24) is 0 Å². The van der Waals surface area contributed by atoms with Gasteiger partial charge in [-0.05, 0) is 6.07 Å². The van der Waals surface area contributed by atoms with Gasteiger partial charge in [0.05, 0.1) is 12.9 Å². The molecule has 0 spiro atoms. The van der Waals surface area contributed by atoms with Crippen LogP contribution in [0.5, 0.6) is 5.95 Å². The molecule has 0 bridgehead atoms. The highest BCUT2D eigenvalue weighted by Crippen LogP contribution is 2.04. The van der Waals surface area contributed by atoms with Gasteiger partial charge in [0, 0.05) is 6.07 Å². The van der Waals surface area contributed by atoms with Gasteiger partial charge in [0.1, 0.15) is 6.04 Å². The normalized spacial score (nSPS) is 11.2. The maximum absolute atomic E-state index is 9.65. The molecule has 1 aromatic rings. The third kappa shape index (κ3) is 5.71. The second kappa shape index (κ2) is 6.04. The van der Waals surface area contributed by atoms with Gasteiger partial charge in [0.2, 0.25) is 0 Å². The molecule has 5 N–H and O–H groups in total. The molecular weight excluding hydrogens is 178 g/mol. The Bertz CT molecular complexity index is 233. The van der Waals surface area contributed by atoms with E-state index in [-0.39, 0.29) is 5.95 Å². The van der Waals surface area contributed by atoms with Gasteiger partial charge in [-0.1, -0.05) is 0 Å². The molecule has 1 atom stereocenters. The van der Waals surface area contributed by atoms with Crippen LogP contribution in [0.3, 0.4) is 0 Å². The number of hydrogen-bond donors (Lipinski definition) is 4. The van der Waals surface area contributed by atoms with Crippen LogP contribution in [0.2, 0.25) is 0 Å². The Labute approximate surface area is 74.2 Å². The van der Waals surface area contributed by atoms with Gasteiger partial charge in [0.15, 0.2) is 0 Å². The number of hydrogen-bond acceptors (Lipinski definition) is 5. The highest BCUT2D eigenvalue weighted by molar-refractivity contribution is 5.73. The largest absolute Gasteiger partial charge is 0.481 e. The maximum atomic E-state index is 9.65. The molecule has 6 heteroatoms. The fourth-order valence-electron chi connectivity index (χ4n) is 0.348. The van der Waals surface area contributed by atoms with Crippen LogP contribution in [0.15, 0.2) is 22.8 Å². The first-order valence-electron chi connectivity index (χ1n) is 3.39. The van der Waals surface area contributed by atoms with E-state index >= 15 is 0 Å². The van der Waals surface area contributed by atoms with E-state index in [1.165, 1.54) is 12.3 Å². The quantitative estimate of drug-likeness (QED) is 0.492.